The van der Waals surface area contributed by atoms with E-state index in [4.69, 9.17) is 5.73 Å². The highest BCUT2D eigenvalue weighted by molar-refractivity contribution is 5.93. The van der Waals surface area contributed by atoms with Gasteiger partial charge in [-0.2, -0.15) is 0 Å². The Hall–Kier alpha value is -2.82. The second kappa shape index (κ2) is 4.45. The Morgan fingerprint density at radius 3 is 2.79 bits per heavy atom. The minimum Gasteiger partial charge on any atom is -0.366 e. The molecule has 3 aromatic rings. The van der Waals surface area contributed by atoms with Crippen LogP contribution in [0.5, 0.6) is 0 Å². The zero-order chi connectivity index (χ0) is 13.2. The molecule has 3 aromatic heterocycles. The lowest BCUT2D eigenvalue weighted by Crippen LogP contribution is -2.11. The molecule has 0 saturated heterocycles. The van der Waals surface area contributed by atoms with Crippen molar-refractivity contribution in [3.8, 4) is 11.3 Å². The summed E-state index contributed by atoms with van der Waals surface area (Å²) in [5, 5.41) is 0.963. The molecule has 0 radical (unpaired) electrons. The molecule has 92 valence electrons. The molecular formula is C14H10N4O. The number of carbonyl (C=O) groups is 1. The zero-order valence-electron chi connectivity index (χ0n) is 9.95. The van der Waals surface area contributed by atoms with Crippen molar-refractivity contribution in [1.82, 2.24) is 15.0 Å². The van der Waals surface area contributed by atoms with Gasteiger partial charge in [-0.3, -0.25) is 14.8 Å². The van der Waals surface area contributed by atoms with E-state index in [0.717, 1.165) is 22.2 Å². The molecule has 0 bridgehead atoms. The molecule has 0 saturated carbocycles. The van der Waals surface area contributed by atoms with Crippen molar-refractivity contribution in [2.24, 2.45) is 5.73 Å². The first kappa shape index (κ1) is 11.3. The Balaban J connectivity index is 2.13. The van der Waals surface area contributed by atoms with Crippen LogP contribution in [0.2, 0.25) is 0 Å². The fourth-order valence-electron chi connectivity index (χ4n) is 1.84. The second-order valence-corrected chi connectivity index (χ2v) is 4.09. The molecule has 5 heteroatoms. The molecule has 19 heavy (non-hydrogen) atoms. The maximum Gasteiger partial charge on any atom is 0.250 e. The smallest absolute Gasteiger partial charge is 0.250 e. The zero-order valence-corrected chi connectivity index (χ0v) is 9.95. The van der Waals surface area contributed by atoms with E-state index in [9.17, 15) is 4.79 Å². The van der Waals surface area contributed by atoms with E-state index in [0.29, 0.717) is 5.56 Å². The van der Waals surface area contributed by atoms with Crippen LogP contribution in [0.1, 0.15) is 10.4 Å². The van der Waals surface area contributed by atoms with Gasteiger partial charge in [0, 0.05) is 35.7 Å². The number of amides is 1. The average molecular weight is 250 g/mol. The molecule has 0 aromatic carbocycles. The Morgan fingerprint density at radius 2 is 1.95 bits per heavy atom. The third kappa shape index (κ3) is 2.13. The Labute approximate surface area is 109 Å². The summed E-state index contributed by atoms with van der Waals surface area (Å²) in [7, 11) is 0. The lowest BCUT2D eigenvalue weighted by atomic mass is 10.1. The highest BCUT2D eigenvalue weighted by Gasteiger charge is 2.06. The van der Waals surface area contributed by atoms with Gasteiger partial charge in [0.1, 0.15) is 0 Å². The summed E-state index contributed by atoms with van der Waals surface area (Å²) in [4.78, 5) is 23.7. The molecule has 0 unspecified atom stereocenters. The van der Waals surface area contributed by atoms with E-state index < -0.39 is 5.91 Å². The van der Waals surface area contributed by atoms with E-state index in [-0.39, 0.29) is 0 Å². The van der Waals surface area contributed by atoms with Crippen LogP contribution in [-0.2, 0) is 0 Å². The summed E-state index contributed by atoms with van der Waals surface area (Å²) in [6.07, 6.45) is 6.54. The number of fused-ring (bicyclic) bond motifs is 1. The Morgan fingerprint density at radius 1 is 1.05 bits per heavy atom. The van der Waals surface area contributed by atoms with Gasteiger partial charge < -0.3 is 5.73 Å². The third-order valence-electron chi connectivity index (χ3n) is 2.81. The minimum absolute atomic E-state index is 0.370. The second-order valence-electron chi connectivity index (χ2n) is 4.09. The average Bonchev–Trinajstić information content (AvgIpc) is 2.47. The van der Waals surface area contributed by atoms with Crippen molar-refractivity contribution in [2.75, 3.05) is 0 Å². The van der Waals surface area contributed by atoms with E-state index in [1.807, 2.05) is 18.2 Å². The van der Waals surface area contributed by atoms with Gasteiger partial charge in [-0.25, -0.2) is 4.98 Å². The normalized spacial score (nSPS) is 10.5. The van der Waals surface area contributed by atoms with Crippen LogP contribution in [0.15, 0.2) is 49.1 Å². The first-order valence-corrected chi connectivity index (χ1v) is 5.70. The maximum atomic E-state index is 11.2. The first-order chi connectivity index (χ1) is 9.24. The number of nitrogens with zero attached hydrogens (tertiary/aromatic N) is 3. The Bertz CT molecular complexity index is 770. The largest absolute Gasteiger partial charge is 0.366 e. The molecule has 1 amide bonds. The van der Waals surface area contributed by atoms with Crippen LogP contribution in [0, 0.1) is 0 Å². The number of pyridine rings is 3. The molecule has 0 aliphatic carbocycles. The van der Waals surface area contributed by atoms with Gasteiger partial charge in [0.05, 0.1) is 16.8 Å². The number of primary amides is 1. The molecule has 5 nitrogen and oxygen atoms in total. The van der Waals surface area contributed by atoms with Gasteiger partial charge in [0.15, 0.2) is 0 Å². The lowest BCUT2D eigenvalue weighted by Gasteiger charge is -2.03. The van der Waals surface area contributed by atoms with Crippen LogP contribution >= 0.6 is 0 Å². The number of carbonyl (C=O) groups excluding carboxylic acids is 1. The molecule has 3 heterocycles. The number of hydrogen-bond acceptors (Lipinski definition) is 4. The quantitative estimate of drug-likeness (QED) is 0.751. The minimum atomic E-state index is -0.501. The lowest BCUT2D eigenvalue weighted by molar-refractivity contribution is 0.1000. The van der Waals surface area contributed by atoms with E-state index in [1.54, 1.807) is 24.7 Å². The van der Waals surface area contributed by atoms with Crippen molar-refractivity contribution >= 4 is 16.8 Å². The van der Waals surface area contributed by atoms with E-state index in [2.05, 4.69) is 15.0 Å². The van der Waals surface area contributed by atoms with Crippen LogP contribution in [0.4, 0.5) is 0 Å². The predicted molar refractivity (Wildman–Crippen MR) is 71.3 cm³/mol. The van der Waals surface area contributed by atoms with Crippen molar-refractivity contribution in [1.29, 1.82) is 0 Å². The number of hydrogen-bond donors (Lipinski definition) is 1. The van der Waals surface area contributed by atoms with Crippen molar-refractivity contribution < 1.29 is 4.79 Å². The van der Waals surface area contributed by atoms with Crippen LogP contribution < -0.4 is 5.73 Å². The highest BCUT2D eigenvalue weighted by atomic mass is 16.1. The summed E-state index contributed by atoms with van der Waals surface area (Å²) in [5.41, 5.74) is 7.96. The molecule has 2 N–H and O–H groups in total. The Kier molecular flexibility index (Phi) is 2.64. The standard InChI is InChI=1S/C14H10N4O/c15-14(19)11-5-10(7-17-8-11)12-2-1-9-6-16-4-3-13(9)18-12/h1-8H,(H2,15,19). The van der Waals surface area contributed by atoms with Crippen molar-refractivity contribution in [3.05, 3.63) is 54.6 Å². The summed E-state index contributed by atoms with van der Waals surface area (Å²) in [6, 6.07) is 7.32. The monoisotopic (exact) mass is 250 g/mol. The number of aromatic nitrogens is 3. The van der Waals surface area contributed by atoms with E-state index in [1.165, 1.54) is 6.20 Å². The number of rotatable bonds is 2. The molecule has 0 atom stereocenters. The van der Waals surface area contributed by atoms with Gasteiger partial charge in [0.25, 0.3) is 0 Å². The number of nitrogens with two attached hydrogens (primary N) is 1. The summed E-state index contributed by atoms with van der Waals surface area (Å²) < 4.78 is 0. The van der Waals surface area contributed by atoms with Gasteiger partial charge >= 0.3 is 0 Å². The third-order valence-corrected chi connectivity index (χ3v) is 2.81. The van der Waals surface area contributed by atoms with Crippen molar-refractivity contribution in [2.45, 2.75) is 0 Å². The van der Waals surface area contributed by atoms with Gasteiger partial charge in [0.2, 0.25) is 5.91 Å². The van der Waals surface area contributed by atoms with Gasteiger partial charge in [-0.15, -0.1) is 0 Å². The molecule has 0 aliphatic heterocycles. The molecule has 3 rings (SSSR count). The molecular weight excluding hydrogens is 240 g/mol. The van der Waals surface area contributed by atoms with Crippen LogP contribution in [-0.4, -0.2) is 20.9 Å². The molecule has 0 aliphatic rings. The summed E-state index contributed by atoms with van der Waals surface area (Å²) in [6.45, 7) is 0. The van der Waals surface area contributed by atoms with Gasteiger partial charge in [-0.05, 0) is 24.3 Å². The topological polar surface area (TPSA) is 81.8 Å². The summed E-state index contributed by atoms with van der Waals surface area (Å²) in [5.74, 6) is -0.501. The van der Waals surface area contributed by atoms with Crippen molar-refractivity contribution in [3.63, 3.8) is 0 Å². The summed E-state index contributed by atoms with van der Waals surface area (Å²) >= 11 is 0. The fraction of sp³-hybridized carbons (Fsp3) is 0. The van der Waals surface area contributed by atoms with Crippen LogP contribution in [0.25, 0.3) is 22.2 Å². The maximum absolute atomic E-state index is 11.2. The SMILES string of the molecule is NC(=O)c1cncc(-c2ccc3cnccc3n2)c1. The van der Waals surface area contributed by atoms with Crippen LogP contribution in [0.3, 0.4) is 0 Å². The predicted octanol–water partition coefficient (Wildman–Crippen LogP) is 1.79. The molecule has 0 spiro atoms. The fourth-order valence-corrected chi connectivity index (χ4v) is 1.84. The van der Waals surface area contributed by atoms with Gasteiger partial charge in [-0.1, -0.05) is 0 Å². The highest BCUT2D eigenvalue weighted by Crippen LogP contribution is 2.20. The first-order valence-electron chi connectivity index (χ1n) is 5.70. The molecule has 0 fully saturated rings. The van der Waals surface area contributed by atoms with E-state index >= 15 is 0 Å².